The highest BCUT2D eigenvalue weighted by Gasteiger charge is 2.12. The minimum absolute atomic E-state index is 0.285. The second kappa shape index (κ2) is 4.30. The molecule has 0 heterocycles. The van der Waals surface area contributed by atoms with Gasteiger partial charge in [-0.1, -0.05) is 11.6 Å². The molecular formula is C9H12ClN3O. The number of nitrogens with zero attached hydrogens (tertiary/aromatic N) is 2. The molecule has 0 unspecified atom stereocenters. The highest BCUT2D eigenvalue weighted by Crippen LogP contribution is 2.16. The van der Waals surface area contributed by atoms with E-state index >= 15 is 0 Å². The third kappa shape index (κ3) is 2.37. The Morgan fingerprint density at radius 3 is 2.21 bits per heavy atom. The number of anilines is 1. The van der Waals surface area contributed by atoms with Crippen LogP contribution >= 0.6 is 11.6 Å². The molecule has 5 heteroatoms. The summed E-state index contributed by atoms with van der Waals surface area (Å²) >= 11 is 5.70. The fraction of sp³-hybridized carbons (Fsp3) is 0.222. The fourth-order valence-electron chi connectivity index (χ4n) is 0.928. The van der Waals surface area contributed by atoms with Gasteiger partial charge in [0.25, 0.3) is 0 Å². The molecule has 0 fully saturated rings. The maximum atomic E-state index is 11.4. The standard InChI is InChI=1S/C9H12ClN3O/c1-12(2)9(14)13(11)8-5-3-7(10)4-6-8/h3-6H,11H2,1-2H3. The highest BCUT2D eigenvalue weighted by molar-refractivity contribution is 6.30. The number of urea groups is 1. The van der Waals surface area contributed by atoms with Crippen molar-refractivity contribution in [1.82, 2.24) is 4.90 Å². The van der Waals surface area contributed by atoms with Gasteiger partial charge in [0, 0.05) is 19.1 Å². The van der Waals surface area contributed by atoms with E-state index in [0.717, 1.165) is 5.01 Å². The molecule has 2 N–H and O–H groups in total. The Morgan fingerprint density at radius 2 is 1.79 bits per heavy atom. The zero-order chi connectivity index (χ0) is 10.7. The Labute approximate surface area is 87.8 Å². The van der Waals surface area contributed by atoms with E-state index in [2.05, 4.69) is 0 Å². The summed E-state index contributed by atoms with van der Waals surface area (Å²) < 4.78 is 0. The average Bonchev–Trinajstić information content (AvgIpc) is 2.16. The quantitative estimate of drug-likeness (QED) is 0.439. The zero-order valence-electron chi connectivity index (χ0n) is 8.07. The molecule has 2 amide bonds. The Kier molecular flexibility index (Phi) is 3.33. The van der Waals surface area contributed by atoms with Crippen molar-refractivity contribution in [3.63, 3.8) is 0 Å². The van der Waals surface area contributed by atoms with Crippen LogP contribution in [0.5, 0.6) is 0 Å². The number of nitrogens with two attached hydrogens (primary N) is 1. The normalized spacial score (nSPS) is 9.71. The lowest BCUT2D eigenvalue weighted by Crippen LogP contribution is -2.44. The summed E-state index contributed by atoms with van der Waals surface area (Å²) in [5, 5.41) is 1.68. The van der Waals surface area contributed by atoms with Crippen molar-refractivity contribution in [2.24, 2.45) is 5.84 Å². The van der Waals surface area contributed by atoms with Crippen LogP contribution in [-0.2, 0) is 0 Å². The van der Waals surface area contributed by atoms with E-state index in [1.165, 1.54) is 4.90 Å². The lowest BCUT2D eigenvalue weighted by molar-refractivity contribution is 0.224. The smallest absolute Gasteiger partial charge is 0.329 e. The van der Waals surface area contributed by atoms with Crippen LogP contribution in [0.3, 0.4) is 0 Å². The van der Waals surface area contributed by atoms with Crippen molar-refractivity contribution in [2.45, 2.75) is 0 Å². The molecule has 0 spiro atoms. The van der Waals surface area contributed by atoms with Crippen molar-refractivity contribution in [3.05, 3.63) is 29.3 Å². The molecule has 76 valence electrons. The summed E-state index contributed by atoms with van der Waals surface area (Å²) in [5.74, 6) is 5.59. The number of hydrogen-bond acceptors (Lipinski definition) is 2. The highest BCUT2D eigenvalue weighted by atomic mass is 35.5. The molecule has 0 aliphatic carbocycles. The second-order valence-corrected chi connectivity index (χ2v) is 3.46. The number of benzene rings is 1. The second-order valence-electron chi connectivity index (χ2n) is 3.02. The fourth-order valence-corrected chi connectivity index (χ4v) is 1.05. The minimum atomic E-state index is -0.285. The van der Waals surface area contributed by atoms with Gasteiger partial charge in [0.2, 0.25) is 0 Å². The van der Waals surface area contributed by atoms with Gasteiger partial charge in [-0.25, -0.2) is 15.6 Å². The van der Waals surface area contributed by atoms with Crippen LogP contribution < -0.4 is 10.9 Å². The lowest BCUT2D eigenvalue weighted by Gasteiger charge is -2.20. The molecule has 0 atom stereocenters. The Bertz CT molecular complexity index is 323. The molecule has 14 heavy (non-hydrogen) atoms. The van der Waals surface area contributed by atoms with E-state index in [-0.39, 0.29) is 6.03 Å². The van der Waals surface area contributed by atoms with Crippen LogP contribution in [0.25, 0.3) is 0 Å². The van der Waals surface area contributed by atoms with Crippen LogP contribution in [-0.4, -0.2) is 25.0 Å². The predicted molar refractivity (Wildman–Crippen MR) is 57.2 cm³/mol. The molecule has 4 nitrogen and oxygen atoms in total. The topological polar surface area (TPSA) is 49.6 Å². The Hall–Kier alpha value is -1.26. The van der Waals surface area contributed by atoms with E-state index < -0.39 is 0 Å². The molecule has 1 aromatic rings. The van der Waals surface area contributed by atoms with Crippen LogP contribution in [0.4, 0.5) is 10.5 Å². The third-order valence-corrected chi connectivity index (χ3v) is 1.95. The molecule has 0 saturated carbocycles. The number of halogens is 1. The molecular weight excluding hydrogens is 202 g/mol. The van der Waals surface area contributed by atoms with Crippen molar-refractivity contribution in [3.8, 4) is 0 Å². The number of rotatable bonds is 1. The average molecular weight is 214 g/mol. The Balaban J connectivity index is 2.84. The van der Waals surface area contributed by atoms with Gasteiger partial charge in [0.05, 0.1) is 5.69 Å². The van der Waals surface area contributed by atoms with E-state index in [1.54, 1.807) is 38.4 Å². The number of hydrazine groups is 1. The largest absolute Gasteiger partial charge is 0.338 e. The van der Waals surface area contributed by atoms with Crippen LogP contribution in [0.1, 0.15) is 0 Å². The van der Waals surface area contributed by atoms with Crippen molar-refractivity contribution in [1.29, 1.82) is 0 Å². The molecule has 0 aliphatic rings. The SMILES string of the molecule is CN(C)C(=O)N(N)c1ccc(Cl)cc1. The predicted octanol–water partition coefficient (Wildman–Crippen LogP) is 1.70. The first-order valence-electron chi connectivity index (χ1n) is 4.04. The van der Waals surface area contributed by atoms with Gasteiger partial charge in [-0.3, -0.25) is 0 Å². The number of carbonyl (C=O) groups excluding carboxylic acids is 1. The summed E-state index contributed by atoms with van der Waals surface area (Å²) in [5.41, 5.74) is 0.605. The van der Waals surface area contributed by atoms with Gasteiger partial charge in [0.15, 0.2) is 0 Å². The third-order valence-electron chi connectivity index (χ3n) is 1.69. The first kappa shape index (κ1) is 10.8. The number of hydrogen-bond donors (Lipinski definition) is 1. The van der Waals surface area contributed by atoms with E-state index in [4.69, 9.17) is 17.4 Å². The maximum absolute atomic E-state index is 11.4. The first-order chi connectivity index (χ1) is 6.52. The Morgan fingerprint density at radius 1 is 1.29 bits per heavy atom. The summed E-state index contributed by atoms with van der Waals surface area (Å²) in [6.07, 6.45) is 0. The monoisotopic (exact) mass is 213 g/mol. The van der Waals surface area contributed by atoms with Gasteiger partial charge >= 0.3 is 6.03 Å². The van der Waals surface area contributed by atoms with Gasteiger partial charge in [-0.15, -0.1) is 0 Å². The van der Waals surface area contributed by atoms with Crippen molar-refractivity contribution in [2.75, 3.05) is 19.1 Å². The molecule has 0 aliphatic heterocycles. The van der Waals surface area contributed by atoms with E-state index in [9.17, 15) is 4.79 Å². The summed E-state index contributed by atoms with van der Waals surface area (Å²) in [7, 11) is 3.27. The summed E-state index contributed by atoms with van der Waals surface area (Å²) in [4.78, 5) is 12.8. The van der Waals surface area contributed by atoms with E-state index in [1.807, 2.05) is 0 Å². The molecule has 1 aromatic carbocycles. The lowest BCUT2D eigenvalue weighted by atomic mass is 10.3. The minimum Gasteiger partial charge on any atom is -0.329 e. The van der Waals surface area contributed by atoms with Crippen LogP contribution in [0.15, 0.2) is 24.3 Å². The number of carbonyl (C=O) groups is 1. The first-order valence-corrected chi connectivity index (χ1v) is 4.42. The van der Waals surface area contributed by atoms with Gasteiger partial charge < -0.3 is 4.90 Å². The summed E-state index contributed by atoms with van der Waals surface area (Å²) in [6, 6.07) is 6.44. The zero-order valence-corrected chi connectivity index (χ0v) is 8.82. The molecule has 1 rings (SSSR count). The molecule has 0 aromatic heterocycles. The maximum Gasteiger partial charge on any atom is 0.338 e. The van der Waals surface area contributed by atoms with Crippen molar-refractivity contribution < 1.29 is 4.79 Å². The van der Waals surface area contributed by atoms with Crippen LogP contribution in [0.2, 0.25) is 5.02 Å². The van der Waals surface area contributed by atoms with Crippen LogP contribution in [0, 0.1) is 0 Å². The van der Waals surface area contributed by atoms with Gasteiger partial charge in [0.1, 0.15) is 0 Å². The molecule has 0 bridgehead atoms. The summed E-state index contributed by atoms with van der Waals surface area (Å²) in [6.45, 7) is 0. The van der Waals surface area contributed by atoms with Gasteiger partial charge in [-0.2, -0.15) is 0 Å². The van der Waals surface area contributed by atoms with Crippen molar-refractivity contribution >= 4 is 23.3 Å². The molecule has 0 radical (unpaired) electrons. The number of amides is 2. The van der Waals surface area contributed by atoms with Gasteiger partial charge in [-0.05, 0) is 24.3 Å². The molecule has 0 saturated heterocycles. The van der Waals surface area contributed by atoms with E-state index in [0.29, 0.717) is 10.7 Å².